The Morgan fingerprint density at radius 1 is 1.00 bits per heavy atom. The lowest BCUT2D eigenvalue weighted by Gasteiger charge is -2.13. The third kappa shape index (κ3) is 3.14. The molecule has 2 aromatic carbocycles. The minimum Gasteiger partial charge on any atom is -0.507 e. The number of aromatic nitrogens is 1. The predicted octanol–water partition coefficient (Wildman–Crippen LogP) is 4.84. The molecule has 0 unspecified atom stereocenters. The Balaban J connectivity index is 2.05. The highest BCUT2D eigenvalue weighted by molar-refractivity contribution is 5.90. The molecule has 0 radical (unpaired) electrons. The molecule has 0 bridgehead atoms. The first kappa shape index (κ1) is 17.9. The normalized spacial score (nSPS) is 11.8. The van der Waals surface area contributed by atoms with Crippen LogP contribution in [0.2, 0.25) is 0 Å². The molecule has 3 rings (SSSR count). The van der Waals surface area contributed by atoms with E-state index in [9.17, 15) is 27.1 Å². The molecule has 0 spiro atoms. The van der Waals surface area contributed by atoms with E-state index in [4.69, 9.17) is 0 Å². The number of rotatable bonds is 3. The molecule has 3 nitrogen and oxygen atoms in total. The van der Waals surface area contributed by atoms with Gasteiger partial charge in [-0.2, -0.15) is 13.2 Å². The predicted molar refractivity (Wildman–Crippen MR) is 84.1 cm³/mol. The van der Waals surface area contributed by atoms with E-state index < -0.39 is 35.0 Å². The molecular weight excluding hydrogens is 357 g/mol. The van der Waals surface area contributed by atoms with Crippen LogP contribution in [-0.2, 0) is 12.6 Å². The van der Waals surface area contributed by atoms with E-state index in [2.05, 4.69) is 9.72 Å². The average Bonchev–Trinajstić information content (AvgIpc) is 2.59. The van der Waals surface area contributed by atoms with Crippen LogP contribution < -0.4 is 4.74 Å². The number of phenolic OH excluding ortho intramolecular Hbond substituents is 1. The SMILES string of the molecule is COc1nc(Cc2ccc3c(F)ccc(F)c3c2O)ccc1C(F)(F)F. The molecule has 8 heteroatoms. The van der Waals surface area contributed by atoms with Gasteiger partial charge >= 0.3 is 6.18 Å². The monoisotopic (exact) mass is 369 g/mol. The van der Waals surface area contributed by atoms with Gasteiger partial charge in [0.1, 0.15) is 22.9 Å². The van der Waals surface area contributed by atoms with Gasteiger partial charge in [0.25, 0.3) is 0 Å². The zero-order chi connectivity index (χ0) is 19.1. The summed E-state index contributed by atoms with van der Waals surface area (Å²) in [5.74, 6) is -2.59. The zero-order valence-electron chi connectivity index (χ0n) is 13.4. The Kier molecular flexibility index (Phi) is 4.43. The van der Waals surface area contributed by atoms with Gasteiger partial charge in [0.05, 0.1) is 12.5 Å². The molecule has 26 heavy (non-hydrogen) atoms. The number of halogens is 5. The molecule has 0 saturated heterocycles. The number of hydrogen-bond donors (Lipinski definition) is 1. The first-order chi connectivity index (χ1) is 12.2. The first-order valence-electron chi connectivity index (χ1n) is 7.42. The maximum atomic E-state index is 14.0. The Morgan fingerprint density at radius 2 is 1.69 bits per heavy atom. The van der Waals surface area contributed by atoms with Crippen LogP contribution in [0.1, 0.15) is 16.8 Å². The summed E-state index contributed by atoms with van der Waals surface area (Å²) in [5.41, 5.74) is -0.669. The smallest absolute Gasteiger partial charge is 0.421 e. The molecule has 1 heterocycles. The number of methoxy groups -OCH3 is 1. The number of phenols is 1. The fraction of sp³-hybridized carbons (Fsp3) is 0.167. The number of alkyl halides is 3. The van der Waals surface area contributed by atoms with Gasteiger partial charge in [-0.3, -0.25) is 0 Å². The van der Waals surface area contributed by atoms with E-state index in [1.165, 1.54) is 12.1 Å². The summed E-state index contributed by atoms with van der Waals surface area (Å²) in [7, 11) is 1.06. The van der Waals surface area contributed by atoms with E-state index in [1.54, 1.807) is 0 Å². The summed E-state index contributed by atoms with van der Waals surface area (Å²) in [4.78, 5) is 3.79. The molecule has 136 valence electrons. The van der Waals surface area contributed by atoms with Crippen molar-refractivity contribution in [3.63, 3.8) is 0 Å². The molecular formula is C18H12F5NO2. The second-order valence-electron chi connectivity index (χ2n) is 5.56. The first-order valence-corrected chi connectivity index (χ1v) is 7.42. The van der Waals surface area contributed by atoms with E-state index in [0.29, 0.717) is 0 Å². The van der Waals surface area contributed by atoms with Gasteiger partial charge < -0.3 is 9.84 Å². The summed E-state index contributed by atoms with van der Waals surface area (Å²) in [5, 5.41) is 9.90. The molecule has 0 aliphatic carbocycles. The standard InChI is InChI=1S/C18H12F5NO2/c1-26-17-12(18(21,22)23)5-3-10(24-17)8-9-2-4-11-13(19)6-7-14(20)15(11)16(9)25/h2-7,25H,8H2,1H3. The lowest BCUT2D eigenvalue weighted by atomic mass is 10.0. The Morgan fingerprint density at radius 3 is 2.35 bits per heavy atom. The van der Waals surface area contributed by atoms with E-state index >= 15 is 0 Å². The summed E-state index contributed by atoms with van der Waals surface area (Å²) in [6.45, 7) is 0. The molecule has 0 fully saturated rings. The van der Waals surface area contributed by atoms with Gasteiger partial charge in [-0.05, 0) is 24.3 Å². The highest BCUT2D eigenvalue weighted by Gasteiger charge is 2.35. The second kappa shape index (κ2) is 6.44. The van der Waals surface area contributed by atoms with Crippen LogP contribution in [0.15, 0.2) is 36.4 Å². The van der Waals surface area contributed by atoms with Gasteiger partial charge in [-0.25, -0.2) is 13.8 Å². The fourth-order valence-corrected chi connectivity index (χ4v) is 2.68. The minimum atomic E-state index is -4.62. The number of nitrogens with zero attached hydrogens (tertiary/aromatic N) is 1. The van der Waals surface area contributed by atoms with Gasteiger partial charge in [-0.1, -0.05) is 12.1 Å². The van der Waals surface area contributed by atoms with E-state index in [1.807, 2.05) is 0 Å². The van der Waals surface area contributed by atoms with Crippen LogP contribution in [-0.4, -0.2) is 17.2 Å². The highest BCUT2D eigenvalue weighted by Crippen LogP contribution is 2.36. The van der Waals surface area contributed by atoms with Crippen molar-refractivity contribution in [2.24, 2.45) is 0 Å². The Labute approximate surface area is 144 Å². The third-order valence-corrected chi connectivity index (χ3v) is 3.92. The van der Waals surface area contributed by atoms with Crippen molar-refractivity contribution in [1.82, 2.24) is 4.98 Å². The number of benzene rings is 2. The van der Waals surface area contributed by atoms with Crippen molar-refractivity contribution >= 4 is 10.8 Å². The maximum absolute atomic E-state index is 14.0. The number of aromatic hydroxyl groups is 1. The number of ether oxygens (including phenoxy) is 1. The van der Waals surface area contributed by atoms with Crippen molar-refractivity contribution in [2.75, 3.05) is 7.11 Å². The van der Waals surface area contributed by atoms with Gasteiger partial charge in [-0.15, -0.1) is 0 Å². The summed E-state index contributed by atoms with van der Waals surface area (Å²) < 4.78 is 71.0. The molecule has 0 aliphatic heterocycles. The lowest BCUT2D eigenvalue weighted by Crippen LogP contribution is -2.10. The molecule has 0 atom stereocenters. The molecule has 1 aromatic heterocycles. The fourth-order valence-electron chi connectivity index (χ4n) is 2.68. The number of pyridine rings is 1. The Hall–Kier alpha value is -2.90. The molecule has 0 amide bonds. The lowest BCUT2D eigenvalue weighted by molar-refractivity contribution is -0.139. The van der Waals surface area contributed by atoms with Crippen LogP contribution in [0.4, 0.5) is 22.0 Å². The highest BCUT2D eigenvalue weighted by atomic mass is 19.4. The molecule has 1 N–H and O–H groups in total. The quantitative estimate of drug-likeness (QED) is 0.672. The summed E-state index contributed by atoms with van der Waals surface area (Å²) in [6, 6.07) is 6.45. The number of fused-ring (bicyclic) bond motifs is 1. The van der Waals surface area contributed by atoms with Gasteiger partial charge in [0, 0.05) is 23.1 Å². The molecule has 3 aromatic rings. The third-order valence-electron chi connectivity index (χ3n) is 3.92. The van der Waals surface area contributed by atoms with Crippen LogP contribution >= 0.6 is 0 Å². The van der Waals surface area contributed by atoms with Crippen molar-refractivity contribution in [1.29, 1.82) is 0 Å². The number of hydrogen-bond acceptors (Lipinski definition) is 3. The minimum absolute atomic E-state index is 0.0910. The average molecular weight is 369 g/mol. The second-order valence-corrected chi connectivity index (χ2v) is 5.56. The van der Waals surface area contributed by atoms with Gasteiger partial charge in [0.2, 0.25) is 5.88 Å². The summed E-state index contributed by atoms with van der Waals surface area (Å²) in [6.07, 6.45) is -4.71. The van der Waals surface area contributed by atoms with Crippen LogP contribution in [0.5, 0.6) is 11.6 Å². The zero-order valence-corrected chi connectivity index (χ0v) is 13.4. The van der Waals surface area contributed by atoms with E-state index in [0.717, 1.165) is 31.4 Å². The molecule has 0 aliphatic rings. The van der Waals surface area contributed by atoms with Crippen LogP contribution in [0, 0.1) is 11.6 Å². The van der Waals surface area contributed by atoms with Crippen molar-refractivity contribution < 1.29 is 31.8 Å². The van der Waals surface area contributed by atoms with Crippen LogP contribution in [0.25, 0.3) is 10.8 Å². The van der Waals surface area contributed by atoms with Gasteiger partial charge in [0.15, 0.2) is 0 Å². The topological polar surface area (TPSA) is 42.4 Å². The summed E-state index contributed by atoms with van der Waals surface area (Å²) >= 11 is 0. The van der Waals surface area contributed by atoms with Crippen LogP contribution in [0.3, 0.4) is 0 Å². The van der Waals surface area contributed by atoms with Crippen molar-refractivity contribution in [3.05, 3.63) is 64.9 Å². The van der Waals surface area contributed by atoms with E-state index in [-0.39, 0.29) is 28.5 Å². The Bertz CT molecular complexity index is 985. The largest absolute Gasteiger partial charge is 0.507 e. The molecule has 0 saturated carbocycles. The van der Waals surface area contributed by atoms with Crippen molar-refractivity contribution in [3.8, 4) is 11.6 Å². The maximum Gasteiger partial charge on any atom is 0.421 e. The van der Waals surface area contributed by atoms with Crippen molar-refractivity contribution in [2.45, 2.75) is 12.6 Å².